The van der Waals surface area contributed by atoms with Crippen molar-refractivity contribution in [3.05, 3.63) is 51.5 Å². The van der Waals surface area contributed by atoms with Crippen molar-refractivity contribution in [2.45, 2.75) is 13.8 Å². The van der Waals surface area contributed by atoms with E-state index in [-0.39, 0.29) is 11.4 Å². The van der Waals surface area contributed by atoms with Crippen molar-refractivity contribution >= 4 is 15.9 Å². The molecule has 0 saturated carbocycles. The first-order chi connectivity index (χ1) is 11.3. The van der Waals surface area contributed by atoms with Crippen LogP contribution in [0.15, 0.2) is 28.9 Å². The van der Waals surface area contributed by atoms with Gasteiger partial charge in [0.2, 0.25) is 0 Å². The number of hydrogen-bond acceptors (Lipinski definition) is 3. The van der Waals surface area contributed by atoms with Crippen molar-refractivity contribution in [2.75, 3.05) is 0 Å². The minimum Gasteiger partial charge on any atom is -0.508 e. The van der Waals surface area contributed by atoms with Crippen LogP contribution in [0.4, 0.5) is 4.39 Å². The van der Waals surface area contributed by atoms with E-state index in [0.717, 1.165) is 21.9 Å². The smallest absolute Gasteiger partial charge is 0.152 e. The fourth-order valence-electron chi connectivity index (χ4n) is 2.78. The van der Waals surface area contributed by atoms with Gasteiger partial charge in [-0.15, -0.1) is 0 Å². The molecule has 0 spiro atoms. The molecule has 2 heterocycles. The van der Waals surface area contributed by atoms with E-state index in [1.807, 2.05) is 24.6 Å². The first-order valence-electron chi connectivity index (χ1n) is 7.16. The fourth-order valence-corrected chi connectivity index (χ4v) is 3.30. The van der Waals surface area contributed by atoms with Gasteiger partial charge >= 0.3 is 0 Å². The number of benzene rings is 1. The molecule has 1 aromatic carbocycles. The molecule has 24 heavy (non-hydrogen) atoms. The van der Waals surface area contributed by atoms with E-state index in [2.05, 4.69) is 27.1 Å². The third-order valence-corrected chi connectivity index (χ3v) is 4.68. The van der Waals surface area contributed by atoms with Crippen LogP contribution in [0.5, 0.6) is 5.75 Å². The van der Waals surface area contributed by atoms with Crippen LogP contribution in [0.3, 0.4) is 0 Å². The molecule has 0 unspecified atom stereocenters. The molecule has 1 N–H and O–H groups in total. The highest BCUT2D eigenvalue weighted by atomic mass is 79.9. The Morgan fingerprint density at radius 3 is 2.50 bits per heavy atom. The Morgan fingerprint density at radius 1 is 1.25 bits per heavy atom. The fraction of sp³-hybridized carbons (Fsp3) is 0.176. The van der Waals surface area contributed by atoms with Crippen LogP contribution in [0, 0.1) is 31.0 Å². The average molecular weight is 389 g/mol. The quantitative estimate of drug-likeness (QED) is 0.721. The molecule has 0 amide bonds. The Kier molecular flexibility index (Phi) is 3.93. The second kappa shape index (κ2) is 5.80. The molecule has 3 rings (SSSR count). The molecule has 0 saturated heterocycles. The Labute approximate surface area is 146 Å². The highest BCUT2D eigenvalue weighted by Gasteiger charge is 2.24. The molecular formula is C17H14BrFN4O. The van der Waals surface area contributed by atoms with Gasteiger partial charge in [0.15, 0.2) is 5.82 Å². The number of halogens is 2. The van der Waals surface area contributed by atoms with E-state index in [0.29, 0.717) is 17.0 Å². The van der Waals surface area contributed by atoms with Gasteiger partial charge in [-0.25, -0.2) is 9.07 Å². The number of aryl methyl sites for hydroxylation is 2. The minimum absolute atomic E-state index is 0.167. The highest BCUT2D eigenvalue weighted by molar-refractivity contribution is 9.10. The molecule has 0 aliphatic heterocycles. The van der Waals surface area contributed by atoms with Crippen molar-refractivity contribution in [3.63, 3.8) is 0 Å². The third-order valence-electron chi connectivity index (χ3n) is 3.92. The number of phenols is 1. The average Bonchev–Trinajstić information content (AvgIpc) is 2.95. The lowest BCUT2D eigenvalue weighted by molar-refractivity contribution is 0.468. The van der Waals surface area contributed by atoms with E-state index in [4.69, 9.17) is 0 Å². The molecule has 5 nitrogen and oxygen atoms in total. The van der Waals surface area contributed by atoms with Gasteiger partial charge in [-0.3, -0.25) is 0 Å². The number of rotatable bonds is 2. The Morgan fingerprint density at radius 2 is 1.96 bits per heavy atom. The van der Waals surface area contributed by atoms with E-state index in [1.165, 1.54) is 16.8 Å². The third kappa shape index (κ3) is 2.39. The Bertz CT molecular complexity index is 997. The maximum absolute atomic E-state index is 14.4. The molecule has 7 heteroatoms. The summed E-state index contributed by atoms with van der Waals surface area (Å²) in [4.78, 5) is 0. The van der Waals surface area contributed by atoms with Crippen LogP contribution in [0.2, 0.25) is 0 Å². The predicted octanol–water partition coefficient (Wildman–Crippen LogP) is 3.97. The molecule has 2 aromatic heterocycles. The van der Waals surface area contributed by atoms with E-state index < -0.39 is 5.82 Å². The minimum atomic E-state index is -0.617. The van der Waals surface area contributed by atoms with Gasteiger partial charge in [0.1, 0.15) is 28.8 Å². The van der Waals surface area contributed by atoms with E-state index in [1.54, 1.807) is 6.92 Å². The monoisotopic (exact) mass is 388 g/mol. The zero-order valence-electron chi connectivity index (χ0n) is 13.3. The summed E-state index contributed by atoms with van der Waals surface area (Å²) >= 11 is 3.47. The summed E-state index contributed by atoms with van der Waals surface area (Å²) in [6.07, 6.45) is 0. The molecule has 122 valence electrons. The first kappa shape index (κ1) is 16.3. The summed E-state index contributed by atoms with van der Waals surface area (Å²) < 4.78 is 18.5. The van der Waals surface area contributed by atoms with Crippen LogP contribution >= 0.6 is 15.9 Å². The molecule has 0 aliphatic carbocycles. The number of aromatic hydroxyl groups is 1. The van der Waals surface area contributed by atoms with E-state index >= 15 is 0 Å². The normalized spacial score (nSPS) is 10.8. The van der Waals surface area contributed by atoms with Crippen LogP contribution in [-0.4, -0.2) is 19.5 Å². The van der Waals surface area contributed by atoms with Crippen LogP contribution < -0.4 is 0 Å². The van der Waals surface area contributed by atoms with Gasteiger partial charge in [-0.2, -0.15) is 10.4 Å². The lowest BCUT2D eigenvalue weighted by Gasteiger charge is -2.12. The van der Waals surface area contributed by atoms with Gasteiger partial charge in [0, 0.05) is 13.1 Å². The summed E-state index contributed by atoms with van der Waals surface area (Å²) in [5.74, 6) is -0.783. The maximum atomic E-state index is 14.4. The molecule has 0 aliphatic rings. The largest absolute Gasteiger partial charge is 0.508 e. The van der Waals surface area contributed by atoms with Gasteiger partial charge in [0.25, 0.3) is 0 Å². The number of nitrogens with zero attached hydrogens (tertiary/aromatic N) is 4. The van der Waals surface area contributed by atoms with E-state index in [9.17, 15) is 14.8 Å². The zero-order valence-corrected chi connectivity index (χ0v) is 14.9. The first-order valence-corrected chi connectivity index (χ1v) is 7.95. The van der Waals surface area contributed by atoms with Crippen LogP contribution in [0.25, 0.3) is 17.1 Å². The number of aromatic nitrogens is 3. The second-order valence-electron chi connectivity index (χ2n) is 5.53. The van der Waals surface area contributed by atoms with Crippen molar-refractivity contribution in [2.24, 2.45) is 7.05 Å². The molecular weight excluding hydrogens is 375 g/mol. The topological polar surface area (TPSA) is 66.8 Å². The van der Waals surface area contributed by atoms with Gasteiger partial charge in [0.05, 0.1) is 16.0 Å². The maximum Gasteiger partial charge on any atom is 0.152 e. The summed E-state index contributed by atoms with van der Waals surface area (Å²) in [7, 11) is 1.85. The van der Waals surface area contributed by atoms with Gasteiger partial charge < -0.3 is 9.67 Å². The summed E-state index contributed by atoms with van der Waals surface area (Å²) in [5, 5.41) is 23.4. The molecule has 0 radical (unpaired) electrons. The summed E-state index contributed by atoms with van der Waals surface area (Å²) in [6, 6.07) is 7.94. The highest BCUT2D eigenvalue weighted by Crippen LogP contribution is 2.34. The van der Waals surface area contributed by atoms with Crippen molar-refractivity contribution < 1.29 is 9.50 Å². The number of phenolic OH excluding ortho intramolecular Hbond substituents is 1. The Hall–Kier alpha value is -2.59. The lowest BCUT2D eigenvalue weighted by atomic mass is 10.1. The summed E-state index contributed by atoms with van der Waals surface area (Å²) in [5.41, 5.74) is 3.29. The van der Waals surface area contributed by atoms with Crippen molar-refractivity contribution in [3.8, 4) is 28.9 Å². The second-order valence-corrected chi connectivity index (χ2v) is 6.34. The predicted molar refractivity (Wildman–Crippen MR) is 91.5 cm³/mol. The molecule has 0 bridgehead atoms. The van der Waals surface area contributed by atoms with Crippen LogP contribution in [-0.2, 0) is 7.05 Å². The van der Waals surface area contributed by atoms with Crippen molar-refractivity contribution in [1.82, 2.24) is 14.3 Å². The SMILES string of the molecule is Cc1cc(Br)n(C)c1-c1c(C#N)c(C)nn1-c1ccc(O)cc1F. The number of hydrogen-bond donors (Lipinski definition) is 1. The standard InChI is InChI=1S/C17H14BrFN4O/c1-9-6-15(18)22(3)16(9)17-12(8-20)10(2)21-23(17)14-5-4-11(24)7-13(14)19/h4-7,24H,1-3H3. The molecule has 0 fully saturated rings. The number of nitriles is 1. The van der Waals surface area contributed by atoms with Gasteiger partial charge in [-0.1, -0.05) is 0 Å². The summed E-state index contributed by atoms with van der Waals surface area (Å²) in [6.45, 7) is 3.63. The molecule has 0 atom stereocenters. The lowest BCUT2D eigenvalue weighted by Crippen LogP contribution is -2.05. The Balaban J connectivity index is 2.39. The van der Waals surface area contributed by atoms with Crippen molar-refractivity contribution in [1.29, 1.82) is 5.26 Å². The van der Waals surface area contributed by atoms with Crippen LogP contribution in [0.1, 0.15) is 16.8 Å². The van der Waals surface area contributed by atoms with Gasteiger partial charge in [-0.05, 0) is 53.5 Å². The zero-order chi connectivity index (χ0) is 17.6. The molecule has 3 aromatic rings.